The smallest absolute Gasteiger partial charge is 0.241 e. The van der Waals surface area contributed by atoms with Crippen LogP contribution in [0.4, 0.5) is 0 Å². The van der Waals surface area contributed by atoms with E-state index in [1.165, 1.54) is 25.1 Å². The number of rotatable bonds is 5. The molecule has 1 aromatic carbocycles. The highest BCUT2D eigenvalue weighted by atomic mass is 32.2. The van der Waals surface area contributed by atoms with Crippen molar-refractivity contribution in [1.29, 1.82) is 0 Å². The average Bonchev–Trinajstić information content (AvgIpc) is 3.12. The first kappa shape index (κ1) is 13.8. The van der Waals surface area contributed by atoms with Crippen LogP contribution in [0.25, 0.3) is 0 Å². The van der Waals surface area contributed by atoms with E-state index >= 15 is 0 Å². The topological polar surface area (TPSA) is 95.5 Å². The molecule has 0 aromatic heterocycles. The van der Waals surface area contributed by atoms with Gasteiger partial charge in [0.25, 0.3) is 0 Å². The molecule has 104 valence electrons. The van der Waals surface area contributed by atoms with Crippen LogP contribution in [-0.2, 0) is 14.8 Å². The number of hydrogen-bond donors (Lipinski definition) is 3. The zero-order valence-corrected chi connectivity index (χ0v) is 11.3. The van der Waals surface area contributed by atoms with Crippen molar-refractivity contribution in [3.05, 3.63) is 24.3 Å². The van der Waals surface area contributed by atoms with Crippen LogP contribution < -0.4 is 10.0 Å². The second-order valence-corrected chi connectivity index (χ2v) is 6.34. The van der Waals surface area contributed by atoms with E-state index in [0.29, 0.717) is 0 Å². The van der Waals surface area contributed by atoms with Crippen LogP contribution in [0, 0.1) is 0 Å². The maximum Gasteiger partial charge on any atom is 0.241 e. The lowest BCUT2D eigenvalue weighted by atomic mass is 10.3. The Balaban J connectivity index is 2.05. The van der Waals surface area contributed by atoms with Crippen molar-refractivity contribution in [1.82, 2.24) is 10.0 Å². The molecule has 1 saturated carbocycles. The molecule has 6 nitrogen and oxygen atoms in total. The molecule has 1 amide bonds. The van der Waals surface area contributed by atoms with Gasteiger partial charge >= 0.3 is 0 Å². The second-order valence-electron chi connectivity index (χ2n) is 4.62. The van der Waals surface area contributed by atoms with Gasteiger partial charge in [0.05, 0.1) is 10.9 Å². The molecule has 0 aliphatic heterocycles. The van der Waals surface area contributed by atoms with Gasteiger partial charge in [0.2, 0.25) is 15.9 Å². The van der Waals surface area contributed by atoms with E-state index in [4.69, 9.17) is 0 Å². The van der Waals surface area contributed by atoms with Crippen molar-refractivity contribution in [2.45, 2.75) is 36.7 Å². The van der Waals surface area contributed by atoms with Gasteiger partial charge in [-0.2, -0.15) is 4.72 Å². The van der Waals surface area contributed by atoms with Gasteiger partial charge in [-0.25, -0.2) is 8.42 Å². The van der Waals surface area contributed by atoms with Crippen molar-refractivity contribution in [2.24, 2.45) is 0 Å². The standard InChI is InChI=1S/C12H16N2O4S/c1-8(12(16)13-9-5-6-9)14-19(17,18)11-4-2-3-10(15)7-11/h2-4,7-9,14-15H,5-6H2,1H3,(H,13,16). The molecule has 0 heterocycles. The van der Waals surface area contributed by atoms with E-state index in [0.717, 1.165) is 18.9 Å². The monoisotopic (exact) mass is 284 g/mol. The zero-order valence-electron chi connectivity index (χ0n) is 10.5. The van der Waals surface area contributed by atoms with E-state index in [9.17, 15) is 18.3 Å². The van der Waals surface area contributed by atoms with Gasteiger partial charge in [0, 0.05) is 6.04 Å². The number of amides is 1. The third kappa shape index (κ3) is 3.68. The normalized spacial score (nSPS) is 16.9. The summed E-state index contributed by atoms with van der Waals surface area (Å²) in [5, 5.41) is 12.0. The first-order valence-electron chi connectivity index (χ1n) is 6.00. The Morgan fingerprint density at radius 2 is 2.11 bits per heavy atom. The molecule has 0 radical (unpaired) electrons. The summed E-state index contributed by atoms with van der Waals surface area (Å²) in [5.41, 5.74) is 0. The third-order valence-corrected chi connectivity index (χ3v) is 4.32. The van der Waals surface area contributed by atoms with E-state index in [1.807, 2.05) is 0 Å². The quantitative estimate of drug-likeness (QED) is 0.726. The fourth-order valence-corrected chi connectivity index (χ4v) is 2.80. The predicted octanol–water partition coefficient (Wildman–Crippen LogP) is 0.338. The lowest BCUT2D eigenvalue weighted by Crippen LogP contribution is -2.45. The molecule has 1 aliphatic rings. The van der Waals surface area contributed by atoms with E-state index < -0.39 is 16.1 Å². The summed E-state index contributed by atoms with van der Waals surface area (Å²) in [7, 11) is -3.81. The fraction of sp³-hybridized carbons (Fsp3) is 0.417. The van der Waals surface area contributed by atoms with E-state index in [1.54, 1.807) is 0 Å². The molecule has 1 aliphatic carbocycles. The molecule has 19 heavy (non-hydrogen) atoms. The van der Waals surface area contributed by atoms with Crippen molar-refractivity contribution >= 4 is 15.9 Å². The van der Waals surface area contributed by atoms with Crippen LogP contribution in [0.3, 0.4) is 0 Å². The van der Waals surface area contributed by atoms with Gasteiger partial charge in [-0.15, -0.1) is 0 Å². The lowest BCUT2D eigenvalue weighted by molar-refractivity contribution is -0.122. The molecule has 2 rings (SSSR count). The van der Waals surface area contributed by atoms with Gasteiger partial charge in [0.1, 0.15) is 5.75 Å². The number of phenols is 1. The Kier molecular flexibility index (Phi) is 3.77. The molecule has 1 aromatic rings. The maximum absolute atomic E-state index is 12.0. The summed E-state index contributed by atoms with van der Waals surface area (Å²) < 4.78 is 26.3. The highest BCUT2D eigenvalue weighted by Gasteiger charge is 2.28. The minimum atomic E-state index is -3.81. The SMILES string of the molecule is CC(NS(=O)(=O)c1cccc(O)c1)C(=O)NC1CC1. The summed E-state index contributed by atoms with van der Waals surface area (Å²) in [5.74, 6) is -0.482. The zero-order chi connectivity index (χ0) is 14.0. The second kappa shape index (κ2) is 5.18. The van der Waals surface area contributed by atoms with Crippen LogP contribution in [0.5, 0.6) is 5.75 Å². The van der Waals surface area contributed by atoms with Crippen LogP contribution in [0.2, 0.25) is 0 Å². The number of carbonyl (C=O) groups is 1. The largest absolute Gasteiger partial charge is 0.508 e. The number of sulfonamides is 1. The minimum absolute atomic E-state index is 0.0708. The summed E-state index contributed by atoms with van der Waals surface area (Å²) in [6.07, 6.45) is 1.88. The van der Waals surface area contributed by atoms with Crippen molar-refractivity contribution in [3.63, 3.8) is 0 Å². The van der Waals surface area contributed by atoms with Gasteiger partial charge in [-0.1, -0.05) is 6.07 Å². The van der Waals surface area contributed by atoms with Crippen LogP contribution in [0.15, 0.2) is 29.2 Å². The number of carbonyl (C=O) groups excluding carboxylic acids is 1. The number of aromatic hydroxyl groups is 1. The summed E-state index contributed by atoms with van der Waals surface area (Å²) in [4.78, 5) is 11.6. The predicted molar refractivity (Wildman–Crippen MR) is 69.1 cm³/mol. The van der Waals surface area contributed by atoms with Gasteiger partial charge in [-0.3, -0.25) is 4.79 Å². The Hall–Kier alpha value is -1.60. The molecule has 1 unspecified atom stereocenters. The number of phenolic OH excluding ortho intramolecular Hbond substituents is 1. The Morgan fingerprint density at radius 1 is 1.42 bits per heavy atom. The Labute approximate surface area is 111 Å². The number of benzene rings is 1. The van der Waals surface area contributed by atoms with Gasteiger partial charge in [0.15, 0.2) is 0 Å². The first-order valence-corrected chi connectivity index (χ1v) is 7.48. The van der Waals surface area contributed by atoms with Crippen LogP contribution in [0.1, 0.15) is 19.8 Å². The van der Waals surface area contributed by atoms with E-state index in [-0.39, 0.29) is 22.6 Å². The Bertz CT molecular complexity index is 581. The molecule has 0 spiro atoms. The molecule has 3 N–H and O–H groups in total. The highest BCUT2D eigenvalue weighted by molar-refractivity contribution is 7.89. The minimum Gasteiger partial charge on any atom is -0.508 e. The van der Waals surface area contributed by atoms with Crippen molar-refractivity contribution in [3.8, 4) is 5.75 Å². The number of nitrogens with one attached hydrogen (secondary N) is 2. The summed E-state index contributed by atoms with van der Waals surface area (Å²) in [6, 6.07) is 4.62. The molecule has 7 heteroatoms. The average molecular weight is 284 g/mol. The maximum atomic E-state index is 12.0. The molecule has 1 atom stereocenters. The lowest BCUT2D eigenvalue weighted by Gasteiger charge is -2.14. The number of hydrogen-bond acceptors (Lipinski definition) is 4. The first-order chi connectivity index (χ1) is 8.88. The van der Waals surface area contributed by atoms with Gasteiger partial charge in [-0.05, 0) is 38.0 Å². The van der Waals surface area contributed by atoms with Crippen LogP contribution >= 0.6 is 0 Å². The summed E-state index contributed by atoms with van der Waals surface area (Å²) in [6.45, 7) is 1.48. The molecular formula is C12H16N2O4S. The summed E-state index contributed by atoms with van der Waals surface area (Å²) >= 11 is 0. The van der Waals surface area contributed by atoms with Crippen LogP contribution in [-0.4, -0.2) is 31.5 Å². The third-order valence-electron chi connectivity index (χ3n) is 2.78. The molecule has 1 fully saturated rings. The van der Waals surface area contributed by atoms with Gasteiger partial charge < -0.3 is 10.4 Å². The van der Waals surface area contributed by atoms with E-state index in [2.05, 4.69) is 10.0 Å². The molecule has 0 bridgehead atoms. The highest BCUT2D eigenvalue weighted by Crippen LogP contribution is 2.19. The Morgan fingerprint density at radius 3 is 2.68 bits per heavy atom. The van der Waals surface area contributed by atoms with Crippen molar-refractivity contribution < 1.29 is 18.3 Å². The fourth-order valence-electron chi connectivity index (χ4n) is 1.56. The van der Waals surface area contributed by atoms with Crippen molar-refractivity contribution in [2.75, 3.05) is 0 Å². The molecule has 0 saturated heterocycles. The molecular weight excluding hydrogens is 268 g/mol.